The number of hydrogen-bond donors (Lipinski definition) is 2. The minimum Gasteiger partial charge on any atom is -0.370 e. The van der Waals surface area contributed by atoms with Crippen LogP contribution in [0.2, 0.25) is 0 Å². The van der Waals surface area contributed by atoms with Crippen molar-refractivity contribution in [3.05, 3.63) is 42.3 Å². The van der Waals surface area contributed by atoms with Gasteiger partial charge in [0.25, 0.3) is 0 Å². The van der Waals surface area contributed by atoms with Crippen molar-refractivity contribution in [3.63, 3.8) is 0 Å². The number of aromatic nitrogens is 2. The molecule has 0 saturated carbocycles. The number of nitrogens with zero attached hydrogens (tertiary/aromatic N) is 4. The largest absolute Gasteiger partial charge is 0.370 e. The Morgan fingerprint density at radius 1 is 1.26 bits per heavy atom. The lowest BCUT2D eigenvalue weighted by Crippen LogP contribution is -2.23. The molecule has 0 unspecified atom stereocenters. The summed E-state index contributed by atoms with van der Waals surface area (Å²) < 4.78 is 13.2. The minimum atomic E-state index is -0.296. The lowest BCUT2D eigenvalue weighted by molar-refractivity contribution is 0.341. The lowest BCUT2D eigenvalue weighted by atomic mass is 10.3. The molecule has 2 aromatic rings. The van der Waals surface area contributed by atoms with Crippen molar-refractivity contribution in [2.24, 2.45) is 4.99 Å². The molecular formula is C16H19FN6. The van der Waals surface area contributed by atoms with Crippen LogP contribution in [0.15, 0.2) is 41.5 Å². The van der Waals surface area contributed by atoms with Crippen LogP contribution in [0.3, 0.4) is 0 Å². The van der Waals surface area contributed by atoms with Gasteiger partial charge in [-0.05, 0) is 30.7 Å². The van der Waals surface area contributed by atoms with Gasteiger partial charge in [-0.1, -0.05) is 6.07 Å². The van der Waals surface area contributed by atoms with Gasteiger partial charge in [0.15, 0.2) is 0 Å². The van der Waals surface area contributed by atoms with Crippen LogP contribution >= 0.6 is 0 Å². The van der Waals surface area contributed by atoms with Gasteiger partial charge < -0.3 is 10.6 Å². The zero-order valence-corrected chi connectivity index (χ0v) is 12.7. The fourth-order valence-electron chi connectivity index (χ4n) is 2.30. The summed E-state index contributed by atoms with van der Waals surface area (Å²) >= 11 is 0. The smallest absolute Gasteiger partial charge is 0.229 e. The molecule has 6 nitrogen and oxygen atoms in total. The third kappa shape index (κ3) is 4.72. The molecule has 120 valence electrons. The zero-order valence-electron chi connectivity index (χ0n) is 12.7. The van der Waals surface area contributed by atoms with E-state index in [0.717, 1.165) is 38.5 Å². The first-order valence-corrected chi connectivity index (χ1v) is 7.60. The molecule has 2 heterocycles. The predicted octanol–water partition coefficient (Wildman–Crippen LogP) is 2.51. The van der Waals surface area contributed by atoms with E-state index >= 15 is 0 Å². The van der Waals surface area contributed by atoms with E-state index in [-0.39, 0.29) is 5.82 Å². The molecule has 0 radical (unpaired) electrons. The first kappa shape index (κ1) is 15.4. The van der Waals surface area contributed by atoms with Crippen LogP contribution in [0.4, 0.5) is 21.8 Å². The van der Waals surface area contributed by atoms with Crippen molar-refractivity contribution in [2.45, 2.75) is 6.42 Å². The molecule has 0 bridgehead atoms. The Morgan fingerprint density at radius 2 is 2.22 bits per heavy atom. The Hall–Kier alpha value is -2.54. The van der Waals surface area contributed by atoms with E-state index in [9.17, 15) is 4.39 Å². The van der Waals surface area contributed by atoms with Gasteiger partial charge in [-0.15, -0.1) is 0 Å². The molecule has 23 heavy (non-hydrogen) atoms. The van der Waals surface area contributed by atoms with E-state index in [4.69, 9.17) is 0 Å². The number of nitrogens with one attached hydrogen (secondary N) is 2. The van der Waals surface area contributed by atoms with Crippen molar-refractivity contribution < 1.29 is 4.39 Å². The molecular weight excluding hydrogens is 295 g/mol. The summed E-state index contributed by atoms with van der Waals surface area (Å²) in [5.74, 6) is 0.889. The molecule has 0 spiro atoms. The molecule has 0 amide bonds. The molecule has 1 aliphatic heterocycles. The van der Waals surface area contributed by atoms with Crippen molar-refractivity contribution in [1.29, 1.82) is 0 Å². The van der Waals surface area contributed by atoms with E-state index in [1.165, 1.54) is 12.1 Å². The maximum Gasteiger partial charge on any atom is 0.229 e. The summed E-state index contributed by atoms with van der Waals surface area (Å²) in [5.41, 5.74) is 0.621. The van der Waals surface area contributed by atoms with E-state index in [1.807, 2.05) is 12.3 Å². The highest BCUT2D eigenvalue weighted by Gasteiger charge is 2.06. The van der Waals surface area contributed by atoms with Gasteiger partial charge in [-0.3, -0.25) is 9.89 Å². The first-order chi connectivity index (χ1) is 11.3. The average Bonchev–Trinajstić information content (AvgIpc) is 3.05. The summed E-state index contributed by atoms with van der Waals surface area (Å²) in [6.45, 7) is 3.57. The number of aliphatic imine (C=N–C) groups is 1. The Morgan fingerprint density at radius 3 is 3.04 bits per heavy atom. The van der Waals surface area contributed by atoms with Crippen molar-refractivity contribution in [2.75, 3.05) is 36.9 Å². The number of benzene rings is 1. The summed E-state index contributed by atoms with van der Waals surface area (Å²) in [5, 5.41) is 6.27. The highest BCUT2D eigenvalue weighted by molar-refractivity contribution is 5.61. The summed E-state index contributed by atoms with van der Waals surface area (Å²) in [6, 6.07) is 8.03. The predicted molar refractivity (Wildman–Crippen MR) is 89.8 cm³/mol. The Balaban J connectivity index is 1.48. The molecule has 0 aliphatic carbocycles. The first-order valence-electron chi connectivity index (χ1n) is 7.60. The topological polar surface area (TPSA) is 65.4 Å². The third-order valence-electron chi connectivity index (χ3n) is 3.44. The molecule has 0 saturated heterocycles. The Kier molecular flexibility index (Phi) is 5.10. The second kappa shape index (κ2) is 7.64. The Labute approximate surface area is 134 Å². The van der Waals surface area contributed by atoms with Gasteiger partial charge in [0.1, 0.15) is 11.6 Å². The van der Waals surface area contributed by atoms with E-state index in [2.05, 4.69) is 30.5 Å². The SMILES string of the molecule is Fc1cccc(Nc2nccc(NCCCN3CC=NC3)n2)c1. The molecule has 1 aromatic carbocycles. The zero-order chi connectivity index (χ0) is 15.9. The Bertz CT molecular complexity index is 667. The van der Waals surface area contributed by atoms with E-state index < -0.39 is 0 Å². The molecule has 3 rings (SSSR count). The average molecular weight is 314 g/mol. The van der Waals surface area contributed by atoms with Crippen molar-refractivity contribution >= 4 is 23.7 Å². The van der Waals surface area contributed by atoms with Crippen LogP contribution in [0.5, 0.6) is 0 Å². The molecule has 1 aromatic heterocycles. The summed E-state index contributed by atoms with van der Waals surface area (Å²) in [4.78, 5) is 15.0. The van der Waals surface area contributed by atoms with E-state index in [1.54, 1.807) is 18.3 Å². The summed E-state index contributed by atoms with van der Waals surface area (Å²) in [7, 11) is 0. The highest BCUT2D eigenvalue weighted by atomic mass is 19.1. The van der Waals surface area contributed by atoms with Gasteiger partial charge >= 0.3 is 0 Å². The second-order valence-corrected chi connectivity index (χ2v) is 5.26. The minimum absolute atomic E-state index is 0.296. The van der Waals surface area contributed by atoms with Crippen LogP contribution in [0.1, 0.15) is 6.42 Å². The standard InChI is InChI=1S/C16H19FN6/c17-13-3-1-4-14(11-13)21-16-20-7-5-15(22-16)19-6-2-9-23-10-8-18-12-23/h1,3-5,7-8,11H,2,6,9-10,12H2,(H2,19,20,21,22). The van der Waals surface area contributed by atoms with Crippen LogP contribution in [0, 0.1) is 5.82 Å². The molecule has 2 N–H and O–H groups in total. The number of anilines is 3. The van der Waals surface area contributed by atoms with Gasteiger partial charge in [-0.2, -0.15) is 4.98 Å². The van der Waals surface area contributed by atoms with Crippen molar-refractivity contribution in [3.8, 4) is 0 Å². The normalized spacial score (nSPS) is 14.1. The lowest BCUT2D eigenvalue weighted by Gasteiger charge is -2.13. The van der Waals surface area contributed by atoms with Crippen molar-refractivity contribution in [1.82, 2.24) is 14.9 Å². The van der Waals surface area contributed by atoms with Crippen LogP contribution in [-0.2, 0) is 0 Å². The van der Waals surface area contributed by atoms with E-state index in [0.29, 0.717) is 11.6 Å². The van der Waals surface area contributed by atoms with Gasteiger partial charge in [-0.25, -0.2) is 9.37 Å². The molecule has 0 atom stereocenters. The third-order valence-corrected chi connectivity index (χ3v) is 3.44. The summed E-state index contributed by atoms with van der Waals surface area (Å²) in [6.07, 6.45) is 4.63. The van der Waals surface area contributed by atoms with Gasteiger partial charge in [0.2, 0.25) is 5.95 Å². The fraction of sp³-hybridized carbons (Fsp3) is 0.312. The highest BCUT2D eigenvalue weighted by Crippen LogP contribution is 2.15. The fourth-order valence-corrected chi connectivity index (χ4v) is 2.30. The van der Waals surface area contributed by atoms with Crippen LogP contribution in [0.25, 0.3) is 0 Å². The second-order valence-electron chi connectivity index (χ2n) is 5.26. The molecule has 1 aliphatic rings. The monoisotopic (exact) mass is 314 g/mol. The van der Waals surface area contributed by atoms with Gasteiger partial charge in [0, 0.05) is 37.7 Å². The quantitative estimate of drug-likeness (QED) is 0.769. The number of rotatable bonds is 7. The molecule has 0 fully saturated rings. The number of halogens is 1. The number of hydrogen-bond acceptors (Lipinski definition) is 6. The molecule has 7 heteroatoms. The maximum atomic E-state index is 13.2. The maximum absolute atomic E-state index is 13.2. The van der Waals surface area contributed by atoms with Crippen LogP contribution in [-0.4, -0.2) is 47.4 Å². The van der Waals surface area contributed by atoms with Crippen LogP contribution < -0.4 is 10.6 Å². The van der Waals surface area contributed by atoms with Gasteiger partial charge in [0.05, 0.1) is 6.67 Å².